The van der Waals surface area contributed by atoms with Crippen LogP contribution in [0.25, 0.3) is 122 Å². The highest BCUT2D eigenvalue weighted by Gasteiger charge is 2.38. The zero-order valence-corrected chi connectivity index (χ0v) is 45.5. The van der Waals surface area contributed by atoms with Crippen LogP contribution < -0.4 is 15.0 Å². The standard InChI is InChI=1S/C81H52N2/c1-9-26-52(27-10-1)60-44-46-62(54-30-13-3-14-31-54)74-68-50-71(83(58-38-21-7-22-39-58)59-40-23-8-24-41-59)79-67-49-48-66-73-61(53-28-11-2-12-29-53)45-47-63(55-32-15-4-16-33-55)75(73)69-51-70(82(56-34-17-5-18-35-56)57-36-19-6-20-37-57)78(81(67)77(66)69)65-43-25-42-64(72(60)74)76(68)80(65)79/h1-24,26-51H,25H2. The SMILES string of the molecule is C1=C2c3c(-c4ccccc4)ccc(-c4ccccc4)c3-c3cc(N(c4ccccc4)c4ccccc4)c4c(c32)c(c2c(N(c3ccccc3)c3ccccc3)cc3c5c(ccc4c52)-c2c(-c4ccccc4)ccc(-c4ccccc4)c2-3)=CC1. The number of nitrogens with zero attached hydrogens (tertiary/aromatic N) is 2. The van der Waals surface area contributed by atoms with Gasteiger partial charge in [0.15, 0.2) is 0 Å². The molecule has 2 heteroatoms. The Morgan fingerprint density at radius 1 is 0.229 bits per heavy atom. The van der Waals surface area contributed by atoms with Crippen molar-refractivity contribution < 1.29 is 0 Å². The summed E-state index contributed by atoms with van der Waals surface area (Å²) in [4.78, 5) is 5.07. The topological polar surface area (TPSA) is 6.48 Å². The molecule has 0 saturated carbocycles. The van der Waals surface area contributed by atoms with Crippen LogP contribution in [0.2, 0.25) is 0 Å². The number of para-hydroxylation sites is 4. The van der Waals surface area contributed by atoms with Gasteiger partial charge in [-0.15, -0.1) is 0 Å². The maximum absolute atomic E-state index is 2.57. The molecular formula is C81H52N2. The van der Waals surface area contributed by atoms with E-state index in [9.17, 15) is 0 Å². The Kier molecular flexibility index (Phi) is 10.7. The third kappa shape index (κ3) is 7.16. The van der Waals surface area contributed by atoms with E-state index >= 15 is 0 Å². The third-order valence-corrected chi connectivity index (χ3v) is 17.7. The predicted octanol–water partition coefficient (Wildman–Crippen LogP) is 21.7. The summed E-state index contributed by atoms with van der Waals surface area (Å²) >= 11 is 0. The smallest absolute Gasteiger partial charge is 0.0553 e. The Labute approximate surface area is 483 Å². The van der Waals surface area contributed by atoms with Gasteiger partial charge >= 0.3 is 0 Å². The third-order valence-electron chi connectivity index (χ3n) is 17.7. The molecule has 0 radical (unpaired) electrons. The van der Waals surface area contributed by atoms with Gasteiger partial charge in [-0.3, -0.25) is 0 Å². The molecule has 0 bridgehead atoms. The number of benzene rings is 14. The lowest BCUT2D eigenvalue weighted by atomic mass is 9.84. The highest BCUT2D eigenvalue weighted by molar-refractivity contribution is 6.37. The second-order valence-corrected chi connectivity index (χ2v) is 22.1. The minimum absolute atomic E-state index is 0.739. The molecule has 14 aromatic rings. The Hall–Kier alpha value is -10.8. The average molecular weight is 1050 g/mol. The minimum Gasteiger partial charge on any atom is -0.310 e. The van der Waals surface area contributed by atoms with Gasteiger partial charge in [0.1, 0.15) is 0 Å². The maximum atomic E-state index is 2.57. The van der Waals surface area contributed by atoms with Crippen molar-refractivity contribution >= 4 is 78.1 Å². The molecular weight excluding hydrogens is 1000 g/mol. The number of rotatable bonds is 10. The van der Waals surface area contributed by atoms with Crippen LogP contribution in [0.5, 0.6) is 0 Å². The van der Waals surface area contributed by atoms with Gasteiger partial charge in [-0.1, -0.05) is 243 Å². The van der Waals surface area contributed by atoms with Crippen molar-refractivity contribution in [1.82, 2.24) is 0 Å². The zero-order valence-electron chi connectivity index (χ0n) is 45.5. The van der Waals surface area contributed by atoms with Gasteiger partial charge in [0.25, 0.3) is 0 Å². The number of fused-ring (bicyclic) bond motifs is 8. The van der Waals surface area contributed by atoms with Crippen molar-refractivity contribution in [3.8, 4) is 77.9 Å². The van der Waals surface area contributed by atoms with E-state index in [1.165, 1.54) is 132 Å². The molecule has 17 rings (SSSR count). The fourth-order valence-corrected chi connectivity index (χ4v) is 14.4. The van der Waals surface area contributed by atoms with Gasteiger partial charge in [0.2, 0.25) is 0 Å². The van der Waals surface area contributed by atoms with Crippen LogP contribution in [0, 0.1) is 0 Å². The van der Waals surface area contributed by atoms with Crippen LogP contribution in [0.15, 0.2) is 297 Å². The summed E-state index contributed by atoms with van der Waals surface area (Å²) in [7, 11) is 0. The lowest BCUT2D eigenvalue weighted by molar-refractivity contribution is 1.29. The summed E-state index contributed by atoms with van der Waals surface area (Å²) in [5, 5.41) is 8.81. The van der Waals surface area contributed by atoms with Crippen LogP contribution in [0.4, 0.5) is 34.1 Å². The van der Waals surface area contributed by atoms with Crippen LogP contribution >= 0.6 is 0 Å². The Morgan fingerprint density at radius 3 is 1.01 bits per heavy atom. The Balaban J connectivity index is 1.12. The Bertz CT molecular complexity index is 4900. The predicted molar refractivity (Wildman–Crippen MR) is 351 cm³/mol. The molecule has 0 aromatic heterocycles. The summed E-state index contributed by atoms with van der Waals surface area (Å²) in [6.07, 6.45) is 5.86. The molecule has 2 nitrogen and oxygen atoms in total. The summed E-state index contributed by atoms with van der Waals surface area (Å²) < 4.78 is 0. The second-order valence-electron chi connectivity index (χ2n) is 22.1. The largest absolute Gasteiger partial charge is 0.310 e. The van der Waals surface area contributed by atoms with Crippen molar-refractivity contribution in [2.75, 3.05) is 9.80 Å². The van der Waals surface area contributed by atoms with Gasteiger partial charge in [-0.2, -0.15) is 0 Å². The highest BCUT2D eigenvalue weighted by Crippen LogP contribution is 2.62. The first-order valence-corrected chi connectivity index (χ1v) is 28.9. The van der Waals surface area contributed by atoms with E-state index in [0.717, 1.165) is 40.5 Å². The first kappa shape index (κ1) is 47.1. The lowest BCUT2D eigenvalue weighted by Gasteiger charge is -2.31. The average Bonchev–Trinajstić information content (AvgIpc) is 1.96. The van der Waals surface area contributed by atoms with Crippen LogP contribution in [0.1, 0.15) is 17.5 Å². The zero-order chi connectivity index (χ0) is 54.5. The van der Waals surface area contributed by atoms with Crippen molar-refractivity contribution in [2.24, 2.45) is 0 Å². The maximum Gasteiger partial charge on any atom is 0.0553 e. The van der Waals surface area contributed by atoms with E-state index in [-0.39, 0.29) is 0 Å². The molecule has 386 valence electrons. The van der Waals surface area contributed by atoms with Gasteiger partial charge in [0, 0.05) is 44.3 Å². The van der Waals surface area contributed by atoms with E-state index in [1.54, 1.807) is 0 Å². The van der Waals surface area contributed by atoms with E-state index < -0.39 is 0 Å². The number of hydrogen-bond donors (Lipinski definition) is 0. The van der Waals surface area contributed by atoms with Crippen molar-refractivity contribution in [2.45, 2.75) is 6.42 Å². The van der Waals surface area contributed by atoms with E-state index in [1.807, 2.05) is 0 Å². The number of anilines is 6. The van der Waals surface area contributed by atoms with E-state index in [0.29, 0.717) is 0 Å². The summed E-state index contributed by atoms with van der Waals surface area (Å²) in [6.45, 7) is 0. The highest BCUT2D eigenvalue weighted by atomic mass is 15.2. The molecule has 0 spiro atoms. The van der Waals surface area contributed by atoms with Gasteiger partial charge in [-0.25, -0.2) is 0 Å². The van der Waals surface area contributed by atoms with E-state index in [2.05, 4.69) is 313 Å². The lowest BCUT2D eigenvalue weighted by Crippen LogP contribution is -2.17. The minimum atomic E-state index is 0.739. The van der Waals surface area contributed by atoms with Crippen LogP contribution in [-0.4, -0.2) is 0 Å². The van der Waals surface area contributed by atoms with Crippen molar-refractivity contribution in [1.29, 1.82) is 0 Å². The summed E-state index contributed by atoms with van der Waals surface area (Å²) in [5.74, 6) is 0. The molecule has 0 N–H and O–H groups in total. The molecule has 14 aromatic carbocycles. The van der Waals surface area contributed by atoms with Gasteiger partial charge < -0.3 is 9.80 Å². The molecule has 0 heterocycles. The van der Waals surface area contributed by atoms with Crippen molar-refractivity contribution in [3.63, 3.8) is 0 Å². The molecule has 83 heavy (non-hydrogen) atoms. The second kappa shape index (κ2) is 18.9. The fraction of sp³-hybridized carbons (Fsp3) is 0.0123. The molecule has 0 atom stereocenters. The number of allylic oxidation sites excluding steroid dienone is 1. The molecule has 3 aliphatic carbocycles. The molecule has 0 saturated heterocycles. The van der Waals surface area contributed by atoms with Crippen LogP contribution in [-0.2, 0) is 0 Å². The van der Waals surface area contributed by atoms with Gasteiger partial charge in [-0.05, 0) is 178 Å². The monoisotopic (exact) mass is 1050 g/mol. The first-order valence-electron chi connectivity index (χ1n) is 28.9. The summed E-state index contributed by atoms with van der Waals surface area (Å²) in [6, 6.07) is 108. The van der Waals surface area contributed by atoms with Gasteiger partial charge in [0.05, 0.1) is 11.4 Å². The molecule has 0 unspecified atom stereocenters. The molecule has 3 aliphatic rings. The Morgan fingerprint density at radius 2 is 0.578 bits per heavy atom. The summed E-state index contributed by atoms with van der Waals surface area (Å²) in [5.41, 5.74) is 27.9. The first-order chi connectivity index (χ1) is 41.3. The van der Waals surface area contributed by atoms with E-state index in [4.69, 9.17) is 0 Å². The van der Waals surface area contributed by atoms with Crippen molar-refractivity contribution in [3.05, 3.63) is 314 Å². The molecule has 0 aliphatic heterocycles. The fourth-order valence-electron chi connectivity index (χ4n) is 14.4. The number of hydrogen-bond acceptors (Lipinski definition) is 2. The quantitative estimate of drug-likeness (QED) is 0.0995. The van der Waals surface area contributed by atoms with Crippen LogP contribution in [0.3, 0.4) is 0 Å². The molecule has 0 amide bonds. The molecule has 0 fully saturated rings. The normalized spacial score (nSPS) is 12.5.